The Bertz CT molecular complexity index is 1300. The Hall–Kier alpha value is -4.13. The molecule has 6 nitrogen and oxygen atoms in total. The number of hydrogen-bond acceptors (Lipinski definition) is 5. The summed E-state index contributed by atoms with van der Waals surface area (Å²) in [5.41, 5.74) is 2.18. The Labute approximate surface area is 184 Å². The van der Waals surface area contributed by atoms with Gasteiger partial charge in [-0.1, -0.05) is 24.3 Å². The zero-order chi connectivity index (χ0) is 22.7. The standard InChI is InChI=1S/C25H21FN2O4/c1-15-7-8-16(13-20(15)26)21(29)14-27-23-19-5-3-4-6-22(19)32-24(23)25(30)28-17-9-11-18(31-2)12-10-17/h3-13,27H,14H2,1-2H3,(H,28,30). The van der Waals surface area contributed by atoms with Crippen LogP contribution in [-0.4, -0.2) is 25.3 Å². The number of halogens is 1. The molecule has 7 heteroatoms. The van der Waals surface area contributed by atoms with Crippen molar-refractivity contribution in [3.05, 3.63) is 89.4 Å². The molecule has 4 rings (SSSR count). The SMILES string of the molecule is COc1ccc(NC(=O)c2oc3ccccc3c2NCC(=O)c2ccc(C)c(F)c2)cc1. The van der Waals surface area contributed by atoms with Crippen molar-refractivity contribution >= 4 is 34.0 Å². The van der Waals surface area contributed by atoms with Gasteiger partial charge in [0.25, 0.3) is 5.91 Å². The molecule has 32 heavy (non-hydrogen) atoms. The number of benzene rings is 3. The number of carbonyl (C=O) groups excluding carboxylic acids is 2. The monoisotopic (exact) mass is 432 g/mol. The van der Waals surface area contributed by atoms with Crippen molar-refractivity contribution < 1.29 is 23.1 Å². The van der Waals surface area contributed by atoms with Crippen LogP contribution in [-0.2, 0) is 0 Å². The van der Waals surface area contributed by atoms with Crippen LogP contribution < -0.4 is 15.4 Å². The van der Waals surface area contributed by atoms with E-state index >= 15 is 0 Å². The second-order valence-corrected chi connectivity index (χ2v) is 7.23. The lowest BCUT2D eigenvalue weighted by Gasteiger charge is -2.09. The minimum absolute atomic E-state index is 0.0462. The Morgan fingerprint density at radius 1 is 1.03 bits per heavy atom. The molecule has 4 aromatic rings. The van der Waals surface area contributed by atoms with Gasteiger partial charge in [-0.05, 0) is 55.0 Å². The first-order valence-electron chi connectivity index (χ1n) is 9.96. The Morgan fingerprint density at radius 3 is 2.50 bits per heavy atom. The van der Waals surface area contributed by atoms with Gasteiger partial charge in [0, 0.05) is 16.6 Å². The molecule has 1 amide bonds. The lowest BCUT2D eigenvalue weighted by molar-refractivity contribution is 0.0990. The summed E-state index contributed by atoms with van der Waals surface area (Å²) in [7, 11) is 1.56. The van der Waals surface area contributed by atoms with Crippen LogP contribution in [0.1, 0.15) is 26.5 Å². The van der Waals surface area contributed by atoms with E-state index in [4.69, 9.17) is 9.15 Å². The van der Waals surface area contributed by atoms with Crippen LogP contribution >= 0.6 is 0 Å². The average molecular weight is 432 g/mol. The van der Waals surface area contributed by atoms with Crippen LogP contribution in [0.25, 0.3) is 11.0 Å². The van der Waals surface area contributed by atoms with Crippen LogP contribution in [0.4, 0.5) is 15.8 Å². The van der Waals surface area contributed by atoms with Crippen LogP contribution in [0.5, 0.6) is 5.75 Å². The predicted molar refractivity (Wildman–Crippen MR) is 121 cm³/mol. The molecule has 2 N–H and O–H groups in total. The fourth-order valence-corrected chi connectivity index (χ4v) is 3.28. The molecule has 0 atom stereocenters. The molecule has 0 bridgehead atoms. The number of para-hydroxylation sites is 1. The molecule has 0 fully saturated rings. The van der Waals surface area contributed by atoms with Crippen LogP contribution in [0.3, 0.4) is 0 Å². The third kappa shape index (κ3) is 4.32. The Balaban J connectivity index is 1.58. The molecular formula is C25H21FN2O4. The van der Waals surface area contributed by atoms with E-state index in [0.717, 1.165) is 0 Å². The predicted octanol–water partition coefficient (Wildman–Crippen LogP) is 5.44. The number of nitrogens with one attached hydrogen (secondary N) is 2. The molecule has 0 spiro atoms. The van der Waals surface area contributed by atoms with Gasteiger partial charge >= 0.3 is 0 Å². The summed E-state index contributed by atoms with van der Waals surface area (Å²) in [6, 6.07) is 18.4. The summed E-state index contributed by atoms with van der Waals surface area (Å²) in [6.45, 7) is 1.50. The molecule has 1 heterocycles. The van der Waals surface area contributed by atoms with Crippen molar-refractivity contribution in [2.24, 2.45) is 0 Å². The summed E-state index contributed by atoms with van der Waals surface area (Å²) in [5, 5.41) is 6.45. The molecule has 0 saturated heterocycles. The van der Waals surface area contributed by atoms with Crippen molar-refractivity contribution in [3.63, 3.8) is 0 Å². The summed E-state index contributed by atoms with van der Waals surface area (Å²) in [4.78, 5) is 25.5. The number of ether oxygens (including phenoxy) is 1. The number of ketones is 1. The van der Waals surface area contributed by atoms with E-state index in [2.05, 4.69) is 10.6 Å². The third-order valence-corrected chi connectivity index (χ3v) is 5.07. The number of aryl methyl sites for hydroxylation is 1. The van der Waals surface area contributed by atoms with E-state index in [9.17, 15) is 14.0 Å². The van der Waals surface area contributed by atoms with Gasteiger partial charge < -0.3 is 19.8 Å². The molecule has 0 radical (unpaired) electrons. The number of carbonyl (C=O) groups is 2. The highest BCUT2D eigenvalue weighted by Gasteiger charge is 2.21. The number of furan rings is 1. The van der Waals surface area contributed by atoms with Gasteiger partial charge in [0.2, 0.25) is 5.76 Å². The third-order valence-electron chi connectivity index (χ3n) is 5.07. The van der Waals surface area contributed by atoms with Gasteiger partial charge in [-0.25, -0.2) is 4.39 Å². The van der Waals surface area contributed by atoms with Gasteiger partial charge in [-0.3, -0.25) is 9.59 Å². The number of methoxy groups -OCH3 is 1. The van der Waals surface area contributed by atoms with E-state index in [1.807, 2.05) is 6.07 Å². The zero-order valence-electron chi connectivity index (χ0n) is 17.6. The molecule has 0 saturated carbocycles. The molecule has 1 aromatic heterocycles. The summed E-state index contributed by atoms with van der Waals surface area (Å²) < 4.78 is 24.7. The van der Waals surface area contributed by atoms with Crippen molar-refractivity contribution in [2.45, 2.75) is 6.92 Å². The second-order valence-electron chi connectivity index (χ2n) is 7.23. The minimum atomic E-state index is -0.470. The van der Waals surface area contributed by atoms with Gasteiger partial charge in [-0.2, -0.15) is 0 Å². The Morgan fingerprint density at radius 2 is 1.78 bits per heavy atom. The fourth-order valence-electron chi connectivity index (χ4n) is 3.28. The first kappa shape index (κ1) is 21.1. The maximum absolute atomic E-state index is 13.8. The van der Waals surface area contributed by atoms with E-state index in [1.54, 1.807) is 68.6 Å². The highest BCUT2D eigenvalue weighted by Crippen LogP contribution is 2.31. The van der Waals surface area contributed by atoms with E-state index in [1.165, 1.54) is 6.07 Å². The number of hydrogen-bond donors (Lipinski definition) is 2. The maximum Gasteiger partial charge on any atom is 0.293 e. The van der Waals surface area contributed by atoms with Crippen LogP contribution in [0.15, 0.2) is 71.1 Å². The van der Waals surface area contributed by atoms with Gasteiger partial charge in [0.05, 0.1) is 19.3 Å². The smallest absolute Gasteiger partial charge is 0.293 e. The van der Waals surface area contributed by atoms with Crippen LogP contribution in [0.2, 0.25) is 0 Å². The van der Waals surface area contributed by atoms with Crippen molar-refractivity contribution in [2.75, 3.05) is 24.3 Å². The minimum Gasteiger partial charge on any atom is -0.497 e. The highest BCUT2D eigenvalue weighted by molar-refractivity contribution is 6.12. The number of anilines is 2. The van der Waals surface area contributed by atoms with Gasteiger partial charge in [0.15, 0.2) is 5.78 Å². The van der Waals surface area contributed by atoms with E-state index < -0.39 is 11.7 Å². The Kier molecular flexibility index (Phi) is 5.89. The first-order chi connectivity index (χ1) is 15.5. The number of rotatable bonds is 7. The maximum atomic E-state index is 13.8. The molecule has 0 aliphatic carbocycles. The topological polar surface area (TPSA) is 80.6 Å². The summed E-state index contributed by atoms with van der Waals surface area (Å²) >= 11 is 0. The van der Waals surface area contributed by atoms with Crippen molar-refractivity contribution in [3.8, 4) is 5.75 Å². The highest BCUT2D eigenvalue weighted by atomic mass is 19.1. The number of amides is 1. The lowest BCUT2D eigenvalue weighted by Crippen LogP contribution is -2.18. The summed E-state index contributed by atoms with van der Waals surface area (Å²) in [5.74, 6) is -0.507. The molecule has 0 unspecified atom stereocenters. The zero-order valence-corrected chi connectivity index (χ0v) is 17.6. The largest absolute Gasteiger partial charge is 0.497 e. The van der Waals surface area contributed by atoms with Gasteiger partial charge in [0.1, 0.15) is 17.1 Å². The van der Waals surface area contributed by atoms with Crippen LogP contribution in [0, 0.1) is 12.7 Å². The first-order valence-corrected chi connectivity index (χ1v) is 9.96. The molecule has 3 aromatic carbocycles. The molecule has 162 valence electrons. The number of fused-ring (bicyclic) bond motifs is 1. The molecule has 0 aliphatic heterocycles. The van der Waals surface area contributed by atoms with Gasteiger partial charge in [-0.15, -0.1) is 0 Å². The molecule has 0 aliphatic rings. The number of Topliss-reactive ketones (excluding diaryl/α,β-unsaturated/α-hetero) is 1. The fraction of sp³-hybridized carbons (Fsp3) is 0.120. The lowest BCUT2D eigenvalue weighted by atomic mass is 10.1. The second kappa shape index (κ2) is 8.93. The van der Waals surface area contributed by atoms with E-state index in [-0.39, 0.29) is 23.7 Å². The quantitative estimate of drug-likeness (QED) is 0.380. The van der Waals surface area contributed by atoms with Crippen molar-refractivity contribution in [1.82, 2.24) is 0 Å². The molecular weight excluding hydrogens is 411 g/mol. The normalized spacial score (nSPS) is 10.7. The summed E-state index contributed by atoms with van der Waals surface area (Å²) in [6.07, 6.45) is 0. The average Bonchev–Trinajstić information content (AvgIpc) is 3.18. The van der Waals surface area contributed by atoms with Crippen molar-refractivity contribution in [1.29, 1.82) is 0 Å². The van der Waals surface area contributed by atoms with E-state index in [0.29, 0.717) is 33.7 Å².